The van der Waals surface area contributed by atoms with Crippen molar-refractivity contribution in [3.05, 3.63) is 29.8 Å². The molecule has 2 rings (SSSR count). The van der Waals surface area contributed by atoms with Crippen LogP contribution in [0.1, 0.15) is 45.6 Å². The summed E-state index contributed by atoms with van der Waals surface area (Å²) in [6, 6.07) is 7.86. The zero-order valence-corrected chi connectivity index (χ0v) is 16.4. The summed E-state index contributed by atoms with van der Waals surface area (Å²) in [5.74, 6) is 1.05. The predicted molar refractivity (Wildman–Crippen MR) is 99.7 cm³/mol. The Hall–Kier alpha value is -1.56. The van der Waals surface area contributed by atoms with Gasteiger partial charge in [0.2, 0.25) is 5.91 Å². The van der Waals surface area contributed by atoms with Crippen LogP contribution in [-0.2, 0) is 20.0 Å². The topological polar surface area (TPSA) is 63.7 Å². The standard InChI is InChI=1S/C19H29NO4S/c1-19(2,3)15-7-9-17(10-8-15)24-12-5-6-18(21)20(4)16-11-13-25(22,23)14-16/h7-10,16H,5-6,11-14H2,1-4H3. The summed E-state index contributed by atoms with van der Waals surface area (Å²) in [5, 5.41) is 0. The van der Waals surface area contributed by atoms with E-state index < -0.39 is 9.84 Å². The molecule has 6 heteroatoms. The van der Waals surface area contributed by atoms with Crippen LogP contribution in [0.25, 0.3) is 0 Å². The first-order valence-electron chi connectivity index (χ1n) is 8.78. The van der Waals surface area contributed by atoms with Crippen LogP contribution in [0, 0.1) is 0 Å². The molecule has 140 valence electrons. The van der Waals surface area contributed by atoms with Crippen LogP contribution < -0.4 is 4.74 Å². The molecule has 1 aromatic rings. The van der Waals surface area contributed by atoms with Crippen LogP contribution in [0.3, 0.4) is 0 Å². The molecule has 1 unspecified atom stereocenters. The molecule has 1 aliphatic rings. The Kier molecular flexibility index (Phi) is 6.14. The van der Waals surface area contributed by atoms with Gasteiger partial charge in [0.05, 0.1) is 18.1 Å². The Balaban J connectivity index is 1.73. The summed E-state index contributed by atoms with van der Waals surface area (Å²) in [6.07, 6.45) is 1.53. The van der Waals surface area contributed by atoms with Gasteiger partial charge >= 0.3 is 0 Å². The molecule has 1 aromatic carbocycles. The van der Waals surface area contributed by atoms with E-state index in [1.54, 1.807) is 11.9 Å². The Morgan fingerprint density at radius 3 is 2.40 bits per heavy atom. The fourth-order valence-electron chi connectivity index (χ4n) is 2.93. The van der Waals surface area contributed by atoms with Crippen molar-refractivity contribution in [2.45, 2.75) is 51.5 Å². The minimum Gasteiger partial charge on any atom is -0.494 e. The van der Waals surface area contributed by atoms with Gasteiger partial charge in [0.1, 0.15) is 5.75 Å². The van der Waals surface area contributed by atoms with Crippen LogP contribution in [0.15, 0.2) is 24.3 Å². The lowest BCUT2D eigenvalue weighted by Gasteiger charge is -2.23. The Morgan fingerprint density at radius 1 is 1.24 bits per heavy atom. The molecule has 1 fully saturated rings. The van der Waals surface area contributed by atoms with Crippen molar-refractivity contribution in [2.75, 3.05) is 25.2 Å². The number of ether oxygens (including phenoxy) is 1. The zero-order chi connectivity index (χ0) is 18.7. The quantitative estimate of drug-likeness (QED) is 0.725. The summed E-state index contributed by atoms with van der Waals surface area (Å²) in [5.41, 5.74) is 1.37. The molecule has 0 aromatic heterocycles. The van der Waals surface area contributed by atoms with Gasteiger partial charge in [0.25, 0.3) is 0 Å². The van der Waals surface area contributed by atoms with Crippen LogP contribution >= 0.6 is 0 Å². The number of carbonyl (C=O) groups is 1. The molecule has 1 atom stereocenters. The number of hydrogen-bond donors (Lipinski definition) is 0. The van der Waals surface area contributed by atoms with E-state index in [1.807, 2.05) is 12.1 Å². The SMILES string of the molecule is CN(C(=O)CCCOc1ccc(C(C)(C)C)cc1)C1CCS(=O)(=O)C1. The molecular formula is C19H29NO4S. The number of carbonyl (C=O) groups excluding carboxylic acids is 1. The molecule has 1 amide bonds. The third kappa shape index (κ3) is 5.73. The average molecular weight is 368 g/mol. The van der Waals surface area contributed by atoms with Gasteiger partial charge in [-0.2, -0.15) is 0 Å². The van der Waals surface area contributed by atoms with Gasteiger partial charge < -0.3 is 9.64 Å². The van der Waals surface area contributed by atoms with Gasteiger partial charge in [-0.3, -0.25) is 4.79 Å². The number of hydrogen-bond acceptors (Lipinski definition) is 4. The summed E-state index contributed by atoms with van der Waals surface area (Å²) < 4.78 is 28.7. The third-order valence-electron chi connectivity index (χ3n) is 4.67. The van der Waals surface area contributed by atoms with Gasteiger partial charge in [0.15, 0.2) is 9.84 Å². The molecule has 0 bridgehead atoms. The first-order chi connectivity index (χ1) is 11.6. The third-order valence-corrected chi connectivity index (χ3v) is 6.42. The highest BCUT2D eigenvalue weighted by atomic mass is 32.2. The van der Waals surface area contributed by atoms with E-state index in [2.05, 4.69) is 32.9 Å². The van der Waals surface area contributed by atoms with Gasteiger partial charge in [-0.15, -0.1) is 0 Å². The number of rotatable bonds is 6. The molecule has 0 aliphatic carbocycles. The van der Waals surface area contributed by atoms with E-state index in [9.17, 15) is 13.2 Å². The molecule has 0 N–H and O–H groups in total. The number of benzene rings is 1. The molecule has 0 spiro atoms. The van der Waals surface area contributed by atoms with Crippen molar-refractivity contribution >= 4 is 15.7 Å². The smallest absolute Gasteiger partial charge is 0.222 e. The molecule has 5 nitrogen and oxygen atoms in total. The van der Waals surface area contributed by atoms with Gasteiger partial charge in [-0.05, 0) is 36.0 Å². The van der Waals surface area contributed by atoms with Crippen molar-refractivity contribution in [3.8, 4) is 5.75 Å². The van der Waals surface area contributed by atoms with E-state index in [-0.39, 0.29) is 28.9 Å². The molecule has 1 aliphatic heterocycles. The van der Waals surface area contributed by atoms with E-state index in [0.29, 0.717) is 25.9 Å². The molecule has 25 heavy (non-hydrogen) atoms. The van der Waals surface area contributed by atoms with Crippen LogP contribution in [0.2, 0.25) is 0 Å². The van der Waals surface area contributed by atoms with Crippen molar-refractivity contribution in [2.24, 2.45) is 0 Å². The lowest BCUT2D eigenvalue weighted by molar-refractivity contribution is -0.131. The summed E-state index contributed by atoms with van der Waals surface area (Å²) in [4.78, 5) is 13.8. The van der Waals surface area contributed by atoms with Crippen molar-refractivity contribution < 1.29 is 17.9 Å². The highest BCUT2D eigenvalue weighted by molar-refractivity contribution is 7.91. The summed E-state index contributed by atoms with van der Waals surface area (Å²) in [6.45, 7) is 6.97. The van der Waals surface area contributed by atoms with E-state index >= 15 is 0 Å². The fraction of sp³-hybridized carbons (Fsp3) is 0.632. The van der Waals surface area contributed by atoms with Crippen LogP contribution in [0.5, 0.6) is 5.75 Å². The Labute approximate surface area is 151 Å². The molecular weight excluding hydrogens is 338 g/mol. The largest absolute Gasteiger partial charge is 0.494 e. The maximum atomic E-state index is 12.2. The minimum atomic E-state index is -2.97. The zero-order valence-electron chi connectivity index (χ0n) is 15.6. The number of amides is 1. The molecule has 1 heterocycles. The monoisotopic (exact) mass is 367 g/mol. The van der Waals surface area contributed by atoms with Gasteiger partial charge in [-0.1, -0.05) is 32.9 Å². The molecule has 0 radical (unpaired) electrons. The molecule has 0 saturated carbocycles. The second-order valence-corrected chi connectivity index (χ2v) is 10.0. The Bertz CT molecular complexity index is 689. The highest BCUT2D eigenvalue weighted by Gasteiger charge is 2.32. The summed E-state index contributed by atoms with van der Waals surface area (Å²) in [7, 11) is -1.27. The van der Waals surface area contributed by atoms with Crippen molar-refractivity contribution in [1.82, 2.24) is 4.90 Å². The minimum absolute atomic E-state index is 0.0196. The van der Waals surface area contributed by atoms with E-state index in [1.165, 1.54) is 5.56 Å². The second-order valence-electron chi connectivity index (χ2n) is 7.79. The van der Waals surface area contributed by atoms with Crippen LogP contribution in [0.4, 0.5) is 0 Å². The Morgan fingerprint density at radius 2 is 1.88 bits per heavy atom. The van der Waals surface area contributed by atoms with E-state index in [0.717, 1.165) is 5.75 Å². The summed E-state index contributed by atoms with van der Waals surface area (Å²) >= 11 is 0. The lowest BCUT2D eigenvalue weighted by Crippen LogP contribution is -2.37. The highest BCUT2D eigenvalue weighted by Crippen LogP contribution is 2.24. The second kappa shape index (κ2) is 7.77. The number of sulfone groups is 1. The van der Waals surface area contributed by atoms with Gasteiger partial charge in [0, 0.05) is 19.5 Å². The maximum absolute atomic E-state index is 12.2. The predicted octanol–water partition coefficient (Wildman–Crippen LogP) is 2.79. The van der Waals surface area contributed by atoms with Crippen molar-refractivity contribution in [1.29, 1.82) is 0 Å². The number of nitrogens with zero attached hydrogens (tertiary/aromatic N) is 1. The first kappa shape index (κ1) is 19.8. The average Bonchev–Trinajstić information content (AvgIpc) is 2.90. The fourth-order valence-corrected chi connectivity index (χ4v) is 4.70. The van der Waals surface area contributed by atoms with Crippen molar-refractivity contribution in [3.63, 3.8) is 0 Å². The first-order valence-corrected chi connectivity index (χ1v) is 10.6. The van der Waals surface area contributed by atoms with E-state index in [4.69, 9.17) is 4.74 Å². The lowest BCUT2D eigenvalue weighted by atomic mass is 9.87. The van der Waals surface area contributed by atoms with Crippen LogP contribution in [-0.4, -0.2) is 50.4 Å². The maximum Gasteiger partial charge on any atom is 0.222 e. The normalized spacial score (nSPS) is 19.6. The molecule has 1 saturated heterocycles. The van der Waals surface area contributed by atoms with Gasteiger partial charge in [-0.25, -0.2) is 8.42 Å².